The first-order valence-corrected chi connectivity index (χ1v) is 7.97. The van der Waals surface area contributed by atoms with E-state index in [2.05, 4.69) is 31.8 Å². The fourth-order valence-electron chi connectivity index (χ4n) is 0.983. The van der Waals surface area contributed by atoms with Crippen molar-refractivity contribution >= 4 is 23.7 Å². The highest BCUT2D eigenvalue weighted by molar-refractivity contribution is 7.28. The van der Waals surface area contributed by atoms with E-state index in [1.54, 1.807) is 0 Å². The Bertz CT molecular complexity index is 272. The summed E-state index contributed by atoms with van der Waals surface area (Å²) in [5.74, 6) is 0. The number of hydrogen-bond acceptors (Lipinski definition) is 0. The SMILES string of the molecule is C=C(c1ccccc1)[Si](C)(C)Cl. The van der Waals surface area contributed by atoms with Gasteiger partial charge in [0.2, 0.25) is 0 Å². The van der Waals surface area contributed by atoms with Crippen molar-refractivity contribution in [3.8, 4) is 0 Å². The van der Waals surface area contributed by atoms with Gasteiger partial charge in [0.1, 0.15) is 0 Å². The van der Waals surface area contributed by atoms with Gasteiger partial charge in [-0.1, -0.05) is 50.0 Å². The molecule has 0 bridgehead atoms. The van der Waals surface area contributed by atoms with Crippen LogP contribution in [0.15, 0.2) is 36.9 Å². The van der Waals surface area contributed by atoms with Gasteiger partial charge in [-0.05, 0) is 10.8 Å². The lowest BCUT2D eigenvalue weighted by Crippen LogP contribution is -2.18. The number of benzene rings is 1. The molecule has 0 aromatic heterocycles. The Morgan fingerprint density at radius 3 is 2.17 bits per heavy atom. The normalized spacial score (nSPS) is 11.2. The van der Waals surface area contributed by atoms with Gasteiger partial charge in [-0.25, -0.2) is 0 Å². The van der Waals surface area contributed by atoms with Gasteiger partial charge in [-0.2, -0.15) is 11.1 Å². The highest BCUT2D eigenvalue weighted by Gasteiger charge is 2.21. The van der Waals surface area contributed by atoms with Crippen molar-refractivity contribution in [2.75, 3.05) is 0 Å². The molecule has 2 heteroatoms. The first kappa shape index (κ1) is 9.55. The molecule has 0 spiro atoms. The monoisotopic (exact) mass is 196 g/mol. The zero-order valence-electron chi connectivity index (χ0n) is 7.47. The molecule has 0 aliphatic rings. The average Bonchev–Trinajstić information content (AvgIpc) is 2.03. The molecule has 64 valence electrons. The van der Waals surface area contributed by atoms with Crippen LogP contribution in [0.4, 0.5) is 0 Å². The predicted octanol–water partition coefficient (Wildman–Crippen LogP) is 3.68. The Hall–Kier alpha value is -0.533. The molecule has 0 unspecified atom stereocenters. The maximum Gasteiger partial charge on any atom is 0.180 e. The van der Waals surface area contributed by atoms with E-state index in [9.17, 15) is 0 Å². The molecule has 0 aliphatic carbocycles. The highest BCUT2D eigenvalue weighted by Crippen LogP contribution is 2.26. The van der Waals surface area contributed by atoms with Crippen LogP contribution in [0.1, 0.15) is 5.56 Å². The van der Waals surface area contributed by atoms with E-state index >= 15 is 0 Å². The molecule has 0 N–H and O–H groups in total. The van der Waals surface area contributed by atoms with Crippen LogP contribution in [0.2, 0.25) is 13.1 Å². The average molecular weight is 197 g/mol. The second-order valence-corrected chi connectivity index (χ2v) is 9.70. The number of rotatable bonds is 2. The summed E-state index contributed by atoms with van der Waals surface area (Å²) >= 11 is 6.26. The lowest BCUT2D eigenvalue weighted by atomic mass is 10.2. The summed E-state index contributed by atoms with van der Waals surface area (Å²) in [6, 6.07) is 10.1. The molecule has 1 aromatic carbocycles. The lowest BCUT2D eigenvalue weighted by Gasteiger charge is -2.16. The third-order valence-corrected chi connectivity index (χ3v) is 4.25. The summed E-state index contributed by atoms with van der Waals surface area (Å²) < 4.78 is 0. The van der Waals surface area contributed by atoms with Crippen molar-refractivity contribution in [2.24, 2.45) is 0 Å². The molecule has 0 saturated heterocycles. The summed E-state index contributed by atoms with van der Waals surface area (Å²) in [7, 11) is -1.72. The number of hydrogen-bond donors (Lipinski definition) is 0. The Morgan fingerprint density at radius 1 is 1.25 bits per heavy atom. The van der Waals surface area contributed by atoms with Crippen LogP contribution < -0.4 is 0 Å². The largest absolute Gasteiger partial charge is 0.180 e. The van der Waals surface area contributed by atoms with Crippen LogP contribution in [-0.2, 0) is 0 Å². The summed E-state index contributed by atoms with van der Waals surface area (Å²) in [6.45, 7) is 8.20. The molecule has 0 amide bonds. The summed E-state index contributed by atoms with van der Waals surface area (Å²) in [4.78, 5) is 0. The Kier molecular flexibility index (Phi) is 2.75. The van der Waals surface area contributed by atoms with E-state index in [1.165, 1.54) is 5.56 Å². The topological polar surface area (TPSA) is 0 Å². The minimum atomic E-state index is -1.72. The minimum Gasteiger partial charge on any atom is -0.162 e. The number of halogens is 1. The van der Waals surface area contributed by atoms with E-state index < -0.39 is 7.38 Å². The van der Waals surface area contributed by atoms with Crippen LogP contribution in [0.3, 0.4) is 0 Å². The van der Waals surface area contributed by atoms with Gasteiger partial charge in [0.15, 0.2) is 7.38 Å². The second kappa shape index (κ2) is 3.46. The first-order chi connectivity index (χ1) is 5.52. The quantitative estimate of drug-likeness (QED) is 0.500. The molecular weight excluding hydrogens is 184 g/mol. The van der Waals surface area contributed by atoms with Gasteiger partial charge < -0.3 is 0 Å². The van der Waals surface area contributed by atoms with Gasteiger partial charge in [-0.3, -0.25) is 0 Å². The molecule has 0 radical (unpaired) electrons. The minimum absolute atomic E-state index is 1.10. The fourth-order valence-corrected chi connectivity index (χ4v) is 2.16. The lowest BCUT2D eigenvalue weighted by molar-refractivity contribution is 1.64. The first-order valence-electron chi connectivity index (χ1n) is 3.95. The van der Waals surface area contributed by atoms with Crippen molar-refractivity contribution in [3.63, 3.8) is 0 Å². The Morgan fingerprint density at radius 2 is 1.75 bits per heavy atom. The van der Waals surface area contributed by atoms with Crippen molar-refractivity contribution in [3.05, 3.63) is 42.5 Å². The van der Waals surface area contributed by atoms with Gasteiger partial charge >= 0.3 is 0 Å². The van der Waals surface area contributed by atoms with Gasteiger partial charge in [0.05, 0.1) is 0 Å². The maximum atomic E-state index is 6.26. The van der Waals surface area contributed by atoms with Crippen LogP contribution in [-0.4, -0.2) is 7.38 Å². The van der Waals surface area contributed by atoms with Crippen molar-refractivity contribution in [1.82, 2.24) is 0 Å². The summed E-state index contributed by atoms with van der Waals surface area (Å²) in [6.07, 6.45) is 0. The molecule has 0 saturated carbocycles. The van der Waals surface area contributed by atoms with Crippen LogP contribution in [0, 0.1) is 0 Å². The van der Waals surface area contributed by atoms with Crippen LogP contribution >= 0.6 is 11.1 Å². The second-order valence-electron chi connectivity index (χ2n) is 3.32. The molecule has 0 atom stereocenters. The molecule has 0 fully saturated rings. The molecule has 0 nitrogen and oxygen atoms in total. The van der Waals surface area contributed by atoms with Crippen LogP contribution in [0.5, 0.6) is 0 Å². The van der Waals surface area contributed by atoms with Crippen molar-refractivity contribution in [2.45, 2.75) is 13.1 Å². The summed E-state index contributed by atoms with van der Waals surface area (Å²) in [5.41, 5.74) is 1.17. The van der Waals surface area contributed by atoms with E-state index in [0.29, 0.717) is 0 Å². The maximum absolute atomic E-state index is 6.26. The van der Waals surface area contributed by atoms with E-state index in [0.717, 1.165) is 5.20 Å². The molecule has 1 rings (SSSR count). The zero-order chi connectivity index (χ0) is 9.19. The van der Waals surface area contributed by atoms with Crippen LogP contribution in [0.25, 0.3) is 5.20 Å². The van der Waals surface area contributed by atoms with Crippen molar-refractivity contribution < 1.29 is 0 Å². The molecular formula is C10H13ClSi. The Balaban J connectivity index is 2.94. The molecule has 0 heterocycles. The third kappa shape index (κ3) is 2.22. The van der Waals surface area contributed by atoms with E-state index in [-0.39, 0.29) is 0 Å². The standard InChI is InChI=1S/C10H13ClSi/c1-9(12(2,3)11)10-7-5-4-6-8-10/h4-8H,1H2,2-3H3. The molecule has 12 heavy (non-hydrogen) atoms. The zero-order valence-corrected chi connectivity index (χ0v) is 9.23. The third-order valence-electron chi connectivity index (χ3n) is 1.84. The Labute approximate surface area is 79.6 Å². The van der Waals surface area contributed by atoms with Gasteiger partial charge in [-0.15, -0.1) is 0 Å². The summed E-state index contributed by atoms with van der Waals surface area (Å²) in [5, 5.41) is 1.10. The van der Waals surface area contributed by atoms with Gasteiger partial charge in [0.25, 0.3) is 0 Å². The fraction of sp³-hybridized carbons (Fsp3) is 0.200. The predicted molar refractivity (Wildman–Crippen MR) is 58.8 cm³/mol. The van der Waals surface area contributed by atoms with Crippen molar-refractivity contribution in [1.29, 1.82) is 0 Å². The molecule has 0 aliphatic heterocycles. The highest BCUT2D eigenvalue weighted by atomic mass is 35.6. The van der Waals surface area contributed by atoms with E-state index in [4.69, 9.17) is 11.1 Å². The smallest absolute Gasteiger partial charge is 0.162 e. The molecule has 1 aromatic rings. The van der Waals surface area contributed by atoms with Gasteiger partial charge in [0, 0.05) is 0 Å². The van der Waals surface area contributed by atoms with E-state index in [1.807, 2.05) is 18.2 Å².